The summed E-state index contributed by atoms with van der Waals surface area (Å²) in [6.07, 6.45) is 7.29. The lowest BCUT2D eigenvalue weighted by molar-refractivity contribution is 0.697. The van der Waals surface area contributed by atoms with Crippen molar-refractivity contribution < 1.29 is 0 Å². The molecular weight excluding hydrogens is 279 g/mol. The molecule has 0 fully saturated rings. The second kappa shape index (κ2) is 9.01. The second-order valence-electron chi connectivity index (χ2n) is 5.01. The molecule has 0 saturated heterocycles. The Morgan fingerprint density at radius 3 is 2.22 bits per heavy atom. The standard InChI is InChI=1S/C15H24Cl2Si/c1-2-3-4-8-13-18(16,17)14-9-12-15-10-6-5-7-11-15/h5-7,10-11H,2-4,8-9,12-14H2,1H3. The third-order valence-electron chi connectivity index (χ3n) is 3.25. The van der Waals surface area contributed by atoms with Crippen molar-refractivity contribution in [3.05, 3.63) is 35.9 Å². The lowest BCUT2D eigenvalue weighted by Gasteiger charge is -2.16. The van der Waals surface area contributed by atoms with Gasteiger partial charge in [0.15, 0.2) is 0 Å². The van der Waals surface area contributed by atoms with Crippen molar-refractivity contribution in [2.45, 2.75) is 57.5 Å². The first-order chi connectivity index (χ1) is 8.64. The Bertz CT molecular complexity index is 312. The van der Waals surface area contributed by atoms with E-state index in [2.05, 4.69) is 37.3 Å². The van der Waals surface area contributed by atoms with Crippen molar-refractivity contribution in [1.82, 2.24) is 0 Å². The lowest BCUT2D eigenvalue weighted by Crippen LogP contribution is -2.18. The number of hydrogen-bond donors (Lipinski definition) is 0. The van der Waals surface area contributed by atoms with Gasteiger partial charge in [0.2, 0.25) is 0 Å². The van der Waals surface area contributed by atoms with E-state index < -0.39 is 6.69 Å². The Morgan fingerprint density at radius 1 is 0.889 bits per heavy atom. The molecule has 0 aliphatic heterocycles. The number of benzene rings is 1. The Balaban J connectivity index is 2.16. The zero-order chi connectivity index (χ0) is 13.3. The summed E-state index contributed by atoms with van der Waals surface area (Å²) in [5.41, 5.74) is 1.39. The van der Waals surface area contributed by atoms with Gasteiger partial charge in [-0.25, -0.2) is 0 Å². The third-order valence-corrected chi connectivity index (χ3v) is 7.68. The molecule has 0 nitrogen and oxygen atoms in total. The van der Waals surface area contributed by atoms with E-state index in [-0.39, 0.29) is 0 Å². The molecule has 0 radical (unpaired) electrons. The van der Waals surface area contributed by atoms with Gasteiger partial charge in [-0.3, -0.25) is 0 Å². The van der Waals surface area contributed by atoms with Crippen LogP contribution in [-0.4, -0.2) is 6.69 Å². The molecule has 0 atom stereocenters. The van der Waals surface area contributed by atoms with Gasteiger partial charge < -0.3 is 0 Å². The highest BCUT2D eigenvalue weighted by Crippen LogP contribution is 2.30. The van der Waals surface area contributed by atoms with E-state index in [1.165, 1.54) is 31.2 Å². The summed E-state index contributed by atoms with van der Waals surface area (Å²) in [5.74, 6) is 0. The Labute approximate surface area is 122 Å². The number of unbranched alkanes of at least 4 members (excludes halogenated alkanes) is 3. The van der Waals surface area contributed by atoms with E-state index in [0.717, 1.165) is 24.9 Å². The predicted molar refractivity (Wildman–Crippen MR) is 86.0 cm³/mol. The summed E-state index contributed by atoms with van der Waals surface area (Å²) in [7, 11) is 0. The minimum absolute atomic E-state index is 1.02. The van der Waals surface area contributed by atoms with Gasteiger partial charge in [-0.05, 0) is 30.5 Å². The second-order valence-corrected chi connectivity index (χ2v) is 12.6. The van der Waals surface area contributed by atoms with E-state index in [4.69, 9.17) is 22.2 Å². The van der Waals surface area contributed by atoms with Crippen LogP contribution in [0.5, 0.6) is 0 Å². The van der Waals surface area contributed by atoms with Gasteiger partial charge in [0, 0.05) is 0 Å². The van der Waals surface area contributed by atoms with Crippen LogP contribution in [0.15, 0.2) is 30.3 Å². The fourth-order valence-corrected chi connectivity index (χ4v) is 5.45. The van der Waals surface area contributed by atoms with Crippen LogP contribution in [0.4, 0.5) is 0 Å². The minimum Gasteiger partial charge on any atom is -0.146 e. The highest BCUT2D eigenvalue weighted by molar-refractivity contribution is 7.45. The van der Waals surface area contributed by atoms with Crippen molar-refractivity contribution in [1.29, 1.82) is 0 Å². The summed E-state index contributed by atoms with van der Waals surface area (Å²) >= 11 is 13.0. The highest BCUT2D eigenvalue weighted by atomic mass is 35.7. The Morgan fingerprint density at radius 2 is 1.56 bits per heavy atom. The SMILES string of the molecule is CCCCCC[Si](Cl)(Cl)CCCc1ccccc1. The van der Waals surface area contributed by atoms with Crippen LogP contribution >= 0.6 is 22.2 Å². The molecule has 0 heterocycles. The molecule has 0 bridgehead atoms. The largest absolute Gasteiger partial charge is 0.251 e. The van der Waals surface area contributed by atoms with E-state index >= 15 is 0 Å². The van der Waals surface area contributed by atoms with Crippen molar-refractivity contribution in [3.8, 4) is 0 Å². The highest BCUT2D eigenvalue weighted by Gasteiger charge is 2.26. The average molecular weight is 303 g/mol. The van der Waals surface area contributed by atoms with E-state index in [1.54, 1.807) is 0 Å². The zero-order valence-electron chi connectivity index (χ0n) is 11.3. The van der Waals surface area contributed by atoms with Crippen LogP contribution in [-0.2, 0) is 6.42 Å². The molecule has 1 rings (SSSR count). The van der Waals surface area contributed by atoms with Crippen molar-refractivity contribution >= 4 is 28.9 Å². The Kier molecular flexibility index (Phi) is 8.04. The van der Waals surface area contributed by atoms with Crippen LogP contribution in [0.3, 0.4) is 0 Å². The number of aryl methyl sites for hydroxylation is 1. The molecule has 0 spiro atoms. The molecule has 0 amide bonds. The molecule has 1 aromatic carbocycles. The van der Waals surface area contributed by atoms with Gasteiger partial charge in [0.05, 0.1) is 0 Å². The summed E-state index contributed by atoms with van der Waals surface area (Å²) in [6, 6.07) is 12.7. The lowest BCUT2D eigenvalue weighted by atomic mass is 10.1. The molecule has 0 aliphatic rings. The molecule has 0 saturated carbocycles. The van der Waals surface area contributed by atoms with Crippen molar-refractivity contribution in [2.75, 3.05) is 0 Å². The van der Waals surface area contributed by atoms with Crippen molar-refractivity contribution in [2.24, 2.45) is 0 Å². The topological polar surface area (TPSA) is 0 Å². The van der Waals surface area contributed by atoms with Crippen LogP contribution < -0.4 is 0 Å². The van der Waals surface area contributed by atoms with Gasteiger partial charge in [0.1, 0.15) is 0 Å². The molecule has 0 unspecified atom stereocenters. The molecule has 0 N–H and O–H groups in total. The van der Waals surface area contributed by atoms with E-state index in [1.807, 2.05) is 0 Å². The maximum Gasteiger partial charge on any atom is 0.251 e. The average Bonchev–Trinajstić information content (AvgIpc) is 2.36. The van der Waals surface area contributed by atoms with Gasteiger partial charge in [-0.2, -0.15) is 0 Å². The molecule has 0 aliphatic carbocycles. The number of rotatable bonds is 9. The van der Waals surface area contributed by atoms with Gasteiger partial charge in [0.25, 0.3) is 6.69 Å². The fraction of sp³-hybridized carbons (Fsp3) is 0.600. The van der Waals surface area contributed by atoms with Crippen molar-refractivity contribution in [3.63, 3.8) is 0 Å². The minimum atomic E-state index is -1.96. The normalized spacial score (nSPS) is 11.7. The number of halogens is 2. The molecule has 3 heteroatoms. The van der Waals surface area contributed by atoms with E-state index in [0.29, 0.717) is 0 Å². The summed E-state index contributed by atoms with van der Waals surface area (Å²) in [6.45, 7) is 0.265. The molecule has 102 valence electrons. The van der Waals surface area contributed by atoms with Crippen LogP contribution in [0, 0.1) is 0 Å². The predicted octanol–water partition coefficient (Wildman–Crippen LogP) is 6.12. The maximum absolute atomic E-state index is 6.49. The van der Waals surface area contributed by atoms with Gasteiger partial charge >= 0.3 is 0 Å². The smallest absolute Gasteiger partial charge is 0.146 e. The van der Waals surface area contributed by atoms with Gasteiger partial charge in [-0.1, -0.05) is 62.9 Å². The summed E-state index contributed by atoms with van der Waals surface area (Å²) in [4.78, 5) is 0. The van der Waals surface area contributed by atoms with Crippen LogP contribution in [0.2, 0.25) is 12.1 Å². The number of hydrogen-bond acceptors (Lipinski definition) is 0. The van der Waals surface area contributed by atoms with E-state index in [9.17, 15) is 0 Å². The van der Waals surface area contributed by atoms with Crippen LogP contribution in [0.25, 0.3) is 0 Å². The first-order valence-corrected chi connectivity index (χ1v) is 11.5. The monoisotopic (exact) mass is 302 g/mol. The first-order valence-electron chi connectivity index (χ1n) is 7.06. The molecule has 1 aromatic rings. The van der Waals surface area contributed by atoms with Gasteiger partial charge in [-0.15, -0.1) is 22.2 Å². The summed E-state index contributed by atoms with van der Waals surface area (Å²) < 4.78 is 0. The molecule has 0 aromatic heterocycles. The zero-order valence-corrected chi connectivity index (χ0v) is 13.8. The first kappa shape index (κ1) is 16.1. The Hall–Kier alpha value is 0.0169. The molecular formula is C15H24Cl2Si. The maximum atomic E-state index is 6.49. The fourth-order valence-electron chi connectivity index (χ4n) is 2.13. The third kappa shape index (κ3) is 7.45. The summed E-state index contributed by atoms with van der Waals surface area (Å²) in [5, 5.41) is 0. The van der Waals surface area contributed by atoms with Crippen LogP contribution in [0.1, 0.15) is 44.6 Å². The molecule has 18 heavy (non-hydrogen) atoms. The quantitative estimate of drug-likeness (QED) is 0.293.